The van der Waals surface area contributed by atoms with E-state index in [1.807, 2.05) is 48.5 Å². The highest BCUT2D eigenvalue weighted by Crippen LogP contribution is 2.28. The lowest BCUT2D eigenvalue weighted by molar-refractivity contribution is 0.0702. The van der Waals surface area contributed by atoms with Gasteiger partial charge in [0.05, 0.1) is 0 Å². The number of aromatic carboxylic acids is 1. The number of fused-ring (bicyclic) bond motifs is 1. The molecular weight excluding hydrogens is 296 g/mol. The number of hydrogen-bond donors (Lipinski definition) is 3. The molecule has 0 amide bonds. The predicted octanol–water partition coefficient (Wildman–Crippen LogP) is 4.12. The minimum absolute atomic E-state index is 0.373. The summed E-state index contributed by atoms with van der Waals surface area (Å²) in [6, 6.07) is 17.7. The first-order valence-corrected chi connectivity index (χ1v) is 7.84. The zero-order valence-corrected chi connectivity index (χ0v) is 12.7. The van der Waals surface area contributed by atoms with Crippen LogP contribution in [0.4, 0.5) is 11.4 Å². The van der Waals surface area contributed by atoms with Crippen LogP contribution < -0.4 is 10.6 Å². The summed E-state index contributed by atoms with van der Waals surface area (Å²) in [6.07, 6.45) is 0. The summed E-state index contributed by atoms with van der Waals surface area (Å²) in [6.45, 7) is 1.60. The minimum atomic E-state index is -0.872. The Labute approximate surface area is 132 Å². The fourth-order valence-electron chi connectivity index (χ4n) is 2.22. The summed E-state index contributed by atoms with van der Waals surface area (Å²) >= 11 is 1.30. The molecule has 0 atom stereocenters. The number of carboxylic acids is 1. The molecule has 0 spiro atoms. The average Bonchev–Trinajstić information content (AvgIpc) is 2.96. The summed E-state index contributed by atoms with van der Waals surface area (Å²) in [5, 5.41) is 16.7. The maximum absolute atomic E-state index is 11.0. The van der Waals surface area contributed by atoms with Crippen molar-refractivity contribution in [3.8, 4) is 0 Å². The van der Waals surface area contributed by atoms with Gasteiger partial charge in [0.2, 0.25) is 0 Å². The van der Waals surface area contributed by atoms with Crippen LogP contribution >= 0.6 is 11.3 Å². The van der Waals surface area contributed by atoms with E-state index in [9.17, 15) is 4.79 Å². The van der Waals surface area contributed by atoms with Gasteiger partial charge in [0, 0.05) is 29.2 Å². The summed E-state index contributed by atoms with van der Waals surface area (Å²) in [4.78, 5) is 11.4. The van der Waals surface area contributed by atoms with Gasteiger partial charge in [-0.05, 0) is 35.7 Å². The van der Waals surface area contributed by atoms with Gasteiger partial charge in [-0.15, -0.1) is 11.3 Å². The van der Waals surface area contributed by atoms with Crippen LogP contribution in [0.1, 0.15) is 9.67 Å². The molecule has 0 aliphatic carbocycles. The van der Waals surface area contributed by atoms with Crippen molar-refractivity contribution in [3.63, 3.8) is 0 Å². The molecule has 0 saturated carbocycles. The van der Waals surface area contributed by atoms with E-state index in [4.69, 9.17) is 5.11 Å². The lowest BCUT2D eigenvalue weighted by atomic mass is 10.2. The third-order valence-electron chi connectivity index (χ3n) is 3.29. The predicted molar refractivity (Wildman–Crippen MR) is 92.2 cm³/mol. The van der Waals surface area contributed by atoms with Gasteiger partial charge in [-0.3, -0.25) is 0 Å². The lowest BCUT2D eigenvalue weighted by Gasteiger charge is -2.08. The van der Waals surface area contributed by atoms with E-state index >= 15 is 0 Å². The summed E-state index contributed by atoms with van der Waals surface area (Å²) < 4.78 is 0.985. The second-order valence-corrected chi connectivity index (χ2v) is 5.97. The molecule has 0 radical (unpaired) electrons. The number of anilines is 2. The van der Waals surface area contributed by atoms with Crippen LogP contribution in [-0.2, 0) is 0 Å². The van der Waals surface area contributed by atoms with Crippen molar-refractivity contribution in [3.05, 3.63) is 59.5 Å². The molecule has 1 aromatic heterocycles. The number of carboxylic acid groups (broad SMARTS) is 1. The number of hydrogen-bond acceptors (Lipinski definition) is 4. The number of benzene rings is 2. The molecule has 4 nitrogen and oxygen atoms in total. The molecule has 3 rings (SSSR count). The molecule has 2 aromatic carbocycles. The number of carbonyl (C=O) groups is 1. The van der Waals surface area contributed by atoms with Gasteiger partial charge in [0.1, 0.15) is 4.88 Å². The first kappa shape index (κ1) is 14.4. The van der Waals surface area contributed by atoms with Crippen molar-refractivity contribution < 1.29 is 9.90 Å². The van der Waals surface area contributed by atoms with E-state index < -0.39 is 5.97 Å². The van der Waals surface area contributed by atoms with Crippen molar-refractivity contribution in [2.24, 2.45) is 0 Å². The first-order chi connectivity index (χ1) is 10.7. The van der Waals surface area contributed by atoms with E-state index in [2.05, 4.69) is 10.6 Å². The van der Waals surface area contributed by atoms with E-state index in [0.717, 1.165) is 34.6 Å². The Morgan fingerprint density at radius 1 is 0.955 bits per heavy atom. The zero-order chi connectivity index (χ0) is 15.4. The van der Waals surface area contributed by atoms with Crippen LogP contribution in [0.3, 0.4) is 0 Å². The second-order valence-electron chi connectivity index (χ2n) is 4.89. The van der Waals surface area contributed by atoms with Gasteiger partial charge >= 0.3 is 5.97 Å². The van der Waals surface area contributed by atoms with Crippen LogP contribution in [0.25, 0.3) is 10.1 Å². The van der Waals surface area contributed by atoms with Gasteiger partial charge in [-0.1, -0.05) is 24.3 Å². The molecule has 0 aliphatic rings. The summed E-state index contributed by atoms with van der Waals surface area (Å²) in [7, 11) is 0. The molecular formula is C17H16N2O2S. The van der Waals surface area contributed by atoms with Gasteiger partial charge < -0.3 is 15.7 Å². The zero-order valence-electron chi connectivity index (χ0n) is 11.9. The smallest absolute Gasteiger partial charge is 0.345 e. The molecule has 1 heterocycles. The van der Waals surface area contributed by atoms with Crippen LogP contribution in [-0.4, -0.2) is 24.2 Å². The van der Waals surface area contributed by atoms with Crippen LogP contribution in [0.15, 0.2) is 54.6 Å². The Hall–Kier alpha value is -2.53. The Morgan fingerprint density at radius 2 is 1.68 bits per heavy atom. The monoisotopic (exact) mass is 312 g/mol. The molecule has 0 unspecified atom stereocenters. The van der Waals surface area contributed by atoms with E-state index in [-0.39, 0.29) is 0 Å². The van der Waals surface area contributed by atoms with Crippen LogP contribution in [0, 0.1) is 0 Å². The lowest BCUT2D eigenvalue weighted by Crippen LogP contribution is -2.13. The maximum Gasteiger partial charge on any atom is 0.345 e. The van der Waals surface area contributed by atoms with Crippen molar-refractivity contribution >= 4 is 38.8 Å². The third-order valence-corrected chi connectivity index (χ3v) is 4.37. The first-order valence-electron chi connectivity index (χ1n) is 7.02. The van der Waals surface area contributed by atoms with E-state index in [0.29, 0.717) is 4.88 Å². The van der Waals surface area contributed by atoms with Crippen LogP contribution in [0.5, 0.6) is 0 Å². The molecule has 5 heteroatoms. The Kier molecular flexibility index (Phi) is 4.25. The SMILES string of the molecule is O=C(O)c1cc2ccc(NCCNc3ccccc3)cc2s1. The van der Waals surface area contributed by atoms with Gasteiger partial charge in [-0.25, -0.2) is 4.79 Å². The average molecular weight is 312 g/mol. The van der Waals surface area contributed by atoms with Gasteiger partial charge in [0.25, 0.3) is 0 Å². The standard InChI is InChI=1S/C17H16N2O2S/c20-17(21)16-10-12-6-7-14(11-15(12)22-16)19-9-8-18-13-4-2-1-3-5-13/h1-7,10-11,18-19H,8-9H2,(H,20,21). The molecule has 0 aliphatic heterocycles. The second kappa shape index (κ2) is 6.49. The summed E-state index contributed by atoms with van der Waals surface area (Å²) in [5.74, 6) is -0.872. The van der Waals surface area contributed by atoms with Gasteiger partial charge in [-0.2, -0.15) is 0 Å². The van der Waals surface area contributed by atoms with E-state index in [1.54, 1.807) is 6.07 Å². The van der Waals surface area contributed by atoms with Crippen molar-refractivity contribution in [1.82, 2.24) is 0 Å². The fourth-order valence-corrected chi connectivity index (χ4v) is 3.16. The van der Waals surface area contributed by atoms with Crippen molar-refractivity contribution in [2.45, 2.75) is 0 Å². The number of para-hydroxylation sites is 1. The highest BCUT2D eigenvalue weighted by Gasteiger charge is 2.08. The Morgan fingerprint density at radius 3 is 2.41 bits per heavy atom. The van der Waals surface area contributed by atoms with Gasteiger partial charge in [0.15, 0.2) is 0 Å². The summed E-state index contributed by atoms with van der Waals surface area (Å²) in [5.41, 5.74) is 2.10. The molecule has 0 saturated heterocycles. The molecule has 3 N–H and O–H groups in total. The number of nitrogens with one attached hydrogen (secondary N) is 2. The molecule has 112 valence electrons. The minimum Gasteiger partial charge on any atom is -0.477 e. The van der Waals surface area contributed by atoms with Crippen LogP contribution in [0.2, 0.25) is 0 Å². The number of thiophene rings is 1. The quantitative estimate of drug-likeness (QED) is 0.599. The largest absolute Gasteiger partial charge is 0.477 e. The highest BCUT2D eigenvalue weighted by molar-refractivity contribution is 7.20. The van der Waals surface area contributed by atoms with Crippen molar-refractivity contribution in [1.29, 1.82) is 0 Å². The van der Waals surface area contributed by atoms with E-state index in [1.165, 1.54) is 11.3 Å². The fraction of sp³-hybridized carbons (Fsp3) is 0.118. The van der Waals surface area contributed by atoms with Crippen molar-refractivity contribution in [2.75, 3.05) is 23.7 Å². The molecule has 0 bridgehead atoms. The number of rotatable bonds is 6. The molecule has 0 fully saturated rings. The Balaban J connectivity index is 1.58. The molecule has 22 heavy (non-hydrogen) atoms. The Bertz CT molecular complexity index is 784. The highest BCUT2D eigenvalue weighted by atomic mass is 32.1. The topological polar surface area (TPSA) is 61.4 Å². The molecule has 3 aromatic rings. The maximum atomic E-state index is 11.0. The normalized spacial score (nSPS) is 10.5. The third kappa shape index (κ3) is 3.38.